The van der Waals surface area contributed by atoms with E-state index in [-0.39, 0.29) is 0 Å². The average Bonchev–Trinajstić information content (AvgIpc) is 3.91. The lowest BCUT2D eigenvalue weighted by Gasteiger charge is -2.45. The minimum atomic E-state index is -0.813. The fourth-order valence-electron chi connectivity index (χ4n) is 10.3. The molecule has 5 nitrogen and oxygen atoms in total. The van der Waals surface area contributed by atoms with Crippen LogP contribution < -0.4 is 4.90 Å². The Balaban J connectivity index is 1.25. The van der Waals surface area contributed by atoms with Crippen molar-refractivity contribution in [1.29, 1.82) is 0 Å². The third-order valence-electron chi connectivity index (χ3n) is 12.5. The van der Waals surface area contributed by atoms with E-state index in [0.29, 0.717) is 0 Å². The average molecular weight is 756 g/mol. The summed E-state index contributed by atoms with van der Waals surface area (Å²) in [7, 11) is 0. The van der Waals surface area contributed by atoms with E-state index in [1.807, 2.05) is 6.20 Å². The van der Waals surface area contributed by atoms with Crippen molar-refractivity contribution in [3.8, 4) is 11.4 Å². The maximum atomic E-state index is 5.08. The fourth-order valence-corrected chi connectivity index (χ4v) is 10.3. The molecule has 1 spiro atoms. The normalized spacial score (nSPS) is 14.2. The van der Waals surface area contributed by atoms with Crippen LogP contribution in [-0.4, -0.2) is 20.8 Å². The lowest BCUT2D eigenvalue weighted by Crippen LogP contribution is -2.37. The molecule has 0 bridgehead atoms. The number of fused-ring (bicyclic) bond motifs is 12. The van der Waals surface area contributed by atoms with E-state index in [2.05, 4.69) is 216 Å². The smallest absolute Gasteiger partial charge is 0.0937 e. The topological polar surface area (TPSA) is 38.4 Å². The molecule has 0 atom stereocenters. The Hall–Kier alpha value is -7.76. The molecule has 0 saturated heterocycles. The van der Waals surface area contributed by atoms with E-state index >= 15 is 0 Å². The summed E-state index contributed by atoms with van der Waals surface area (Å²) in [5.41, 5.74) is 15.4. The van der Waals surface area contributed by atoms with E-state index in [4.69, 9.17) is 9.98 Å². The zero-order valence-electron chi connectivity index (χ0n) is 32.4. The number of aromatic nitrogens is 3. The number of aliphatic imine (C=N–C) groups is 1. The van der Waals surface area contributed by atoms with Gasteiger partial charge >= 0.3 is 0 Å². The number of allylic oxidation sites excluding steroid dienone is 3. The van der Waals surface area contributed by atoms with Crippen LogP contribution in [0, 0.1) is 0 Å². The van der Waals surface area contributed by atoms with Gasteiger partial charge in [0.2, 0.25) is 0 Å². The first-order valence-corrected chi connectivity index (χ1v) is 20.1. The summed E-state index contributed by atoms with van der Waals surface area (Å²) in [5.74, 6) is 0. The Morgan fingerprint density at radius 1 is 0.508 bits per heavy atom. The molecule has 2 aliphatic rings. The number of hydrogen-bond acceptors (Lipinski definition) is 3. The van der Waals surface area contributed by atoms with Crippen LogP contribution in [0.3, 0.4) is 0 Å². The second-order valence-corrected chi connectivity index (χ2v) is 15.4. The van der Waals surface area contributed by atoms with Gasteiger partial charge in [-0.2, -0.15) is 0 Å². The van der Waals surface area contributed by atoms with Gasteiger partial charge in [0.1, 0.15) is 0 Å². The number of benzene rings is 7. The summed E-state index contributed by atoms with van der Waals surface area (Å²) in [6.07, 6.45) is 6.24. The van der Waals surface area contributed by atoms with Crippen LogP contribution in [0.5, 0.6) is 0 Å². The third kappa shape index (κ3) is 4.44. The largest absolute Gasteiger partial charge is 0.310 e. The number of anilines is 3. The summed E-state index contributed by atoms with van der Waals surface area (Å²) in [4.78, 5) is 12.3. The van der Waals surface area contributed by atoms with Gasteiger partial charge in [-0.1, -0.05) is 109 Å². The maximum absolute atomic E-state index is 5.08. The highest BCUT2D eigenvalue weighted by molar-refractivity contribution is 6.10. The highest BCUT2D eigenvalue weighted by atomic mass is 15.2. The molecule has 5 heteroatoms. The van der Waals surface area contributed by atoms with E-state index in [1.54, 1.807) is 0 Å². The highest BCUT2D eigenvalue weighted by Gasteiger charge is 2.53. The second kappa shape index (κ2) is 12.6. The molecule has 0 radical (unpaired) electrons. The number of hydrogen-bond donors (Lipinski definition) is 0. The summed E-state index contributed by atoms with van der Waals surface area (Å²) in [6, 6.07) is 64.0. The molecular weight excluding hydrogens is 719 g/mol. The van der Waals surface area contributed by atoms with Crippen molar-refractivity contribution in [3.05, 3.63) is 222 Å². The lowest BCUT2D eigenvalue weighted by atomic mass is 9.64. The van der Waals surface area contributed by atoms with E-state index in [0.717, 1.165) is 62.1 Å². The summed E-state index contributed by atoms with van der Waals surface area (Å²) in [5, 5.41) is 4.91. The number of rotatable bonds is 5. The summed E-state index contributed by atoms with van der Waals surface area (Å²) >= 11 is 0. The van der Waals surface area contributed by atoms with Gasteiger partial charge in [-0.25, -0.2) is 0 Å². The van der Waals surface area contributed by atoms with Crippen LogP contribution in [0.2, 0.25) is 0 Å². The molecule has 0 saturated carbocycles. The quantitative estimate of drug-likeness (QED) is 0.164. The van der Waals surface area contributed by atoms with E-state index in [1.165, 1.54) is 43.6 Å². The van der Waals surface area contributed by atoms with Gasteiger partial charge < -0.3 is 14.0 Å². The number of para-hydroxylation sites is 5. The molecule has 1 aliphatic heterocycles. The Bertz CT molecular complexity index is 3160. The van der Waals surface area contributed by atoms with Crippen molar-refractivity contribution in [3.63, 3.8) is 0 Å². The number of pyridine rings is 1. The molecule has 10 aromatic rings. The molecule has 12 rings (SSSR count). The maximum Gasteiger partial charge on any atom is 0.0937 e. The van der Waals surface area contributed by atoms with Crippen molar-refractivity contribution < 1.29 is 0 Å². The summed E-state index contributed by atoms with van der Waals surface area (Å²) in [6.45, 7) is 6.26. The SMILES string of the molecule is C=NC1=C(/C=C\C)C2(c3cc(-n4c5ccccc5c5ccccc54)ccc3N(c3ccccc3)c3ccc(-n4c5ccccc5c5ccccc54)cc32)c2cccnc21. The van der Waals surface area contributed by atoms with Crippen LogP contribution >= 0.6 is 0 Å². The first-order valence-electron chi connectivity index (χ1n) is 20.1. The summed E-state index contributed by atoms with van der Waals surface area (Å²) < 4.78 is 4.83. The van der Waals surface area contributed by atoms with Crippen molar-refractivity contribution in [1.82, 2.24) is 14.1 Å². The standard InChI is InChI=1S/C54H37N5/c1-3-16-42-52(55-2)53-43(23-15-32-56-53)54(42)44-33-36(58-46-24-11-7-19-38(46)39-20-8-12-25-47(39)58)28-30-50(44)57(35-17-5-4-6-18-35)51-31-29-37(34-45(51)54)59-48-26-13-9-21-40(48)41-22-10-14-27-49(41)59/h3-34H,2H2,1H3/b16-3-. The van der Waals surface area contributed by atoms with Crippen molar-refractivity contribution in [2.45, 2.75) is 12.3 Å². The lowest BCUT2D eigenvalue weighted by molar-refractivity contribution is 0.740. The van der Waals surface area contributed by atoms with Crippen molar-refractivity contribution >= 4 is 73.1 Å². The zero-order valence-corrected chi connectivity index (χ0v) is 32.4. The minimum absolute atomic E-state index is 0.799. The first kappa shape index (κ1) is 33.4. The van der Waals surface area contributed by atoms with Crippen LogP contribution in [0.1, 0.15) is 29.3 Å². The van der Waals surface area contributed by atoms with Crippen LogP contribution in [0.15, 0.2) is 205 Å². The van der Waals surface area contributed by atoms with Crippen LogP contribution in [0.25, 0.3) is 60.7 Å². The minimum Gasteiger partial charge on any atom is -0.310 e. The van der Waals surface area contributed by atoms with Crippen molar-refractivity contribution in [2.24, 2.45) is 4.99 Å². The Kier molecular flexibility index (Phi) is 7.14. The first-order chi connectivity index (χ1) is 29.2. The predicted molar refractivity (Wildman–Crippen MR) is 245 cm³/mol. The van der Waals surface area contributed by atoms with E-state index < -0.39 is 5.41 Å². The molecule has 1 aliphatic carbocycles. The number of nitrogens with zero attached hydrogens (tertiary/aromatic N) is 5. The Morgan fingerprint density at radius 2 is 0.983 bits per heavy atom. The van der Waals surface area contributed by atoms with Gasteiger partial charge in [0.05, 0.1) is 50.2 Å². The third-order valence-corrected chi connectivity index (χ3v) is 12.5. The predicted octanol–water partition coefficient (Wildman–Crippen LogP) is 13.4. The van der Waals surface area contributed by atoms with E-state index in [9.17, 15) is 0 Å². The van der Waals surface area contributed by atoms with Gasteiger partial charge in [-0.15, -0.1) is 0 Å². The highest BCUT2D eigenvalue weighted by Crippen LogP contribution is 2.63. The van der Waals surface area contributed by atoms with Crippen LogP contribution in [-0.2, 0) is 5.41 Å². The molecule has 59 heavy (non-hydrogen) atoms. The zero-order chi connectivity index (χ0) is 39.2. The molecule has 4 heterocycles. The Labute approximate surface area is 341 Å². The van der Waals surface area contributed by atoms with Crippen LogP contribution in [0.4, 0.5) is 17.1 Å². The Morgan fingerprint density at radius 3 is 1.46 bits per heavy atom. The molecule has 0 N–H and O–H groups in total. The molecule has 0 fully saturated rings. The molecule has 0 unspecified atom stereocenters. The van der Waals surface area contributed by atoms with Gasteiger partial charge in [-0.3, -0.25) is 9.98 Å². The van der Waals surface area contributed by atoms with Crippen molar-refractivity contribution in [2.75, 3.05) is 4.90 Å². The molecule has 7 aromatic carbocycles. The second-order valence-electron chi connectivity index (χ2n) is 15.4. The fraction of sp³-hybridized carbons (Fsp3) is 0.0370. The molecule has 3 aromatic heterocycles. The van der Waals surface area contributed by atoms with Gasteiger partial charge in [-0.05, 0) is 115 Å². The molecular formula is C54H37N5. The monoisotopic (exact) mass is 755 g/mol. The van der Waals surface area contributed by atoms with Gasteiger partial charge in [0.25, 0.3) is 0 Å². The van der Waals surface area contributed by atoms with Gasteiger partial charge in [0.15, 0.2) is 0 Å². The molecule has 278 valence electrons. The van der Waals surface area contributed by atoms with Gasteiger partial charge in [0, 0.05) is 44.8 Å². The molecule has 0 amide bonds.